The van der Waals surface area contributed by atoms with Gasteiger partial charge in [-0.1, -0.05) is 60.7 Å². The minimum atomic E-state index is -2.50. The summed E-state index contributed by atoms with van der Waals surface area (Å²) in [4.78, 5) is 11.0. The van der Waals surface area contributed by atoms with E-state index in [1.54, 1.807) is 36.4 Å². The molecular weight excluding hydrogens is 410 g/mol. The number of benzene rings is 4. The van der Waals surface area contributed by atoms with E-state index >= 15 is 0 Å². The van der Waals surface area contributed by atoms with Crippen molar-refractivity contribution in [3.63, 3.8) is 0 Å². The maximum atomic E-state index is 12.2. The normalized spacial score (nSPS) is 11.9. The molecule has 0 amide bonds. The number of carbonyl (C=O) groups is 1. The third-order valence-corrected chi connectivity index (χ3v) is 5.92. The summed E-state index contributed by atoms with van der Waals surface area (Å²) in [6, 6.07) is 27.6. The Morgan fingerprint density at radius 1 is 0.839 bits per heavy atom. The molecule has 0 aliphatic heterocycles. The fourth-order valence-corrected chi connectivity index (χ4v) is 4.25. The van der Waals surface area contributed by atoms with Gasteiger partial charge in [0, 0.05) is 0 Å². The largest absolute Gasteiger partial charge is 0.755 e. The van der Waals surface area contributed by atoms with Gasteiger partial charge in [-0.05, 0) is 65.1 Å². The Kier molecular flexibility index (Phi) is 6.11. The minimum absolute atomic E-state index is 0.244. The summed E-state index contributed by atoms with van der Waals surface area (Å²) in [5.74, 6) is -0.958. The van der Waals surface area contributed by atoms with E-state index in [1.807, 2.05) is 54.6 Å². The molecule has 0 aromatic heterocycles. The van der Waals surface area contributed by atoms with Gasteiger partial charge in [-0.3, -0.25) is 8.51 Å². The molecular formula is C25H20NO4S-. The van der Waals surface area contributed by atoms with Crippen LogP contribution in [0, 0.1) is 0 Å². The summed E-state index contributed by atoms with van der Waals surface area (Å²) >= 11 is -2.50. The average molecular weight is 431 g/mol. The van der Waals surface area contributed by atoms with Crippen molar-refractivity contribution in [3.8, 4) is 0 Å². The van der Waals surface area contributed by atoms with Gasteiger partial charge in [-0.15, -0.1) is 0 Å². The van der Waals surface area contributed by atoms with Gasteiger partial charge in [0.15, 0.2) is 0 Å². The van der Waals surface area contributed by atoms with Gasteiger partial charge in [-0.2, -0.15) is 0 Å². The number of rotatable bonds is 7. The number of hydrogen-bond acceptors (Lipinski definition) is 3. The number of para-hydroxylation sites is 1. The SMILES string of the molecule is O=C(O)c1ccc(CCc2ccccc2N(c2ccc3ccccc3c2)S(=O)[O-])cc1. The standard InChI is InChI=1S/C25H21NO4S/c27-25(28)21-13-10-18(11-14-21)9-12-20-6-3-4-8-24(20)26(31(29)30)23-16-15-19-5-1-2-7-22(19)17-23/h1-8,10-11,13-17H,9,12H2,(H,27,28)(H,29,30)/p-1. The van der Waals surface area contributed by atoms with Crippen molar-refractivity contribution in [2.45, 2.75) is 12.8 Å². The lowest BCUT2D eigenvalue weighted by atomic mass is 10.0. The zero-order chi connectivity index (χ0) is 21.8. The number of aryl methyl sites for hydroxylation is 2. The Labute approximate surface area is 183 Å². The highest BCUT2D eigenvalue weighted by atomic mass is 32.2. The molecule has 1 unspecified atom stereocenters. The van der Waals surface area contributed by atoms with Gasteiger partial charge in [0.25, 0.3) is 0 Å². The van der Waals surface area contributed by atoms with Gasteiger partial charge in [0.2, 0.25) is 0 Å². The van der Waals surface area contributed by atoms with Crippen molar-refractivity contribution in [3.05, 3.63) is 108 Å². The summed E-state index contributed by atoms with van der Waals surface area (Å²) in [7, 11) is 0. The van der Waals surface area contributed by atoms with Gasteiger partial charge in [0.05, 0.1) is 28.2 Å². The second-order valence-corrected chi connectivity index (χ2v) is 7.97. The van der Waals surface area contributed by atoms with Crippen molar-refractivity contribution >= 4 is 39.4 Å². The molecule has 0 spiro atoms. The summed E-state index contributed by atoms with van der Waals surface area (Å²) in [6.45, 7) is 0. The molecule has 31 heavy (non-hydrogen) atoms. The summed E-state index contributed by atoms with van der Waals surface area (Å²) in [5, 5.41) is 11.1. The molecule has 0 saturated heterocycles. The van der Waals surface area contributed by atoms with Gasteiger partial charge in [0.1, 0.15) is 0 Å². The van der Waals surface area contributed by atoms with Crippen LogP contribution in [0.5, 0.6) is 0 Å². The Hall–Kier alpha value is -3.48. The molecule has 1 N–H and O–H groups in total. The smallest absolute Gasteiger partial charge is 0.335 e. The first-order chi connectivity index (χ1) is 15.0. The Morgan fingerprint density at radius 3 is 2.23 bits per heavy atom. The lowest BCUT2D eigenvalue weighted by molar-refractivity contribution is 0.0697. The Morgan fingerprint density at radius 2 is 1.52 bits per heavy atom. The van der Waals surface area contributed by atoms with E-state index in [2.05, 4.69) is 0 Å². The minimum Gasteiger partial charge on any atom is -0.755 e. The number of hydrogen-bond donors (Lipinski definition) is 1. The van der Waals surface area contributed by atoms with Gasteiger partial charge >= 0.3 is 5.97 Å². The predicted molar refractivity (Wildman–Crippen MR) is 122 cm³/mol. The molecule has 0 saturated carbocycles. The van der Waals surface area contributed by atoms with Crippen molar-refractivity contribution in [1.29, 1.82) is 0 Å². The van der Waals surface area contributed by atoms with Crippen LogP contribution in [0.1, 0.15) is 21.5 Å². The zero-order valence-corrected chi connectivity index (χ0v) is 17.4. The average Bonchev–Trinajstić information content (AvgIpc) is 2.78. The van der Waals surface area contributed by atoms with Crippen LogP contribution >= 0.6 is 0 Å². The van der Waals surface area contributed by atoms with Crippen molar-refractivity contribution in [1.82, 2.24) is 0 Å². The van der Waals surface area contributed by atoms with Crippen LogP contribution in [0.15, 0.2) is 91.0 Å². The highest BCUT2D eigenvalue weighted by Crippen LogP contribution is 2.32. The van der Waals surface area contributed by atoms with Crippen molar-refractivity contribution < 1.29 is 18.7 Å². The van der Waals surface area contributed by atoms with E-state index in [9.17, 15) is 13.6 Å². The fourth-order valence-electron chi connectivity index (χ4n) is 3.62. The highest BCUT2D eigenvalue weighted by Gasteiger charge is 2.15. The summed E-state index contributed by atoms with van der Waals surface area (Å²) < 4.78 is 25.8. The lowest BCUT2D eigenvalue weighted by Gasteiger charge is -2.29. The van der Waals surface area contributed by atoms with Gasteiger partial charge in [-0.25, -0.2) is 4.79 Å². The third-order valence-electron chi connectivity index (χ3n) is 5.21. The topological polar surface area (TPSA) is 80.7 Å². The molecule has 4 aromatic carbocycles. The van der Waals surface area contributed by atoms with Crippen LogP contribution in [-0.2, 0) is 24.1 Å². The summed E-state index contributed by atoms with van der Waals surface area (Å²) in [6.07, 6.45) is 1.28. The fraction of sp³-hybridized carbons (Fsp3) is 0.0800. The maximum absolute atomic E-state index is 12.2. The van der Waals surface area contributed by atoms with E-state index in [4.69, 9.17) is 5.11 Å². The number of carboxylic acids is 1. The van der Waals surface area contributed by atoms with E-state index in [0.717, 1.165) is 21.9 Å². The van der Waals surface area contributed by atoms with E-state index in [1.165, 1.54) is 4.31 Å². The monoisotopic (exact) mass is 430 g/mol. The van der Waals surface area contributed by atoms with Crippen LogP contribution in [0.2, 0.25) is 0 Å². The number of aromatic carboxylic acids is 1. The van der Waals surface area contributed by atoms with Crippen LogP contribution in [0.3, 0.4) is 0 Å². The first-order valence-electron chi connectivity index (χ1n) is 9.81. The van der Waals surface area contributed by atoms with Crippen LogP contribution < -0.4 is 4.31 Å². The van der Waals surface area contributed by atoms with Crippen LogP contribution in [0.4, 0.5) is 11.4 Å². The molecule has 5 nitrogen and oxygen atoms in total. The number of fused-ring (bicyclic) bond motifs is 1. The molecule has 0 aliphatic carbocycles. The van der Waals surface area contributed by atoms with E-state index < -0.39 is 17.2 Å². The second-order valence-electron chi connectivity index (χ2n) is 7.17. The van der Waals surface area contributed by atoms with Gasteiger partial charge < -0.3 is 9.66 Å². The van der Waals surface area contributed by atoms with Crippen molar-refractivity contribution in [2.24, 2.45) is 0 Å². The first kappa shape index (κ1) is 20.8. The zero-order valence-electron chi connectivity index (χ0n) is 16.6. The molecule has 0 bridgehead atoms. The predicted octanol–water partition coefficient (Wildman–Crippen LogP) is 5.26. The molecule has 0 radical (unpaired) electrons. The molecule has 4 aromatic rings. The first-order valence-corrected chi connectivity index (χ1v) is 10.8. The number of anilines is 2. The second kappa shape index (κ2) is 9.12. The highest BCUT2D eigenvalue weighted by molar-refractivity contribution is 7.81. The number of nitrogens with zero attached hydrogens (tertiary/aromatic N) is 1. The molecule has 0 heterocycles. The van der Waals surface area contributed by atoms with E-state index in [-0.39, 0.29) is 5.56 Å². The number of carboxylic acid groups (broad SMARTS) is 1. The summed E-state index contributed by atoms with van der Waals surface area (Å²) in [5.41, 5.74) is 3.30. The maximum Gasteiger partial charge on any atom is 0.335 e. The molecule has 156 valence electrons. The molecule has 6 heteroatoms. The van der Waals surface area contributed by atoms with Crippen LogP contribution in [-0.4, -0.2) is 19.8 Å². The molecule has 0 aliphatic rings. The third kappa shape index (κ3) is 4.66. The Bertz CT molecular complexity index is 1250. The Balaban J connectivity index is 1.64. The van der Waals surface area contributed by atoms with Crippen molar-refractivity contribution in [2.75, 3.05) is 4.31 Å². The van der Waals surface area contributed by atoms with Crippen LogP contribution in [0.25, 0.3) is 10.8 Å². The molecule has 0 fully saturated rings. The quantitative estimate of drug-likeness (QED) is 0.406. The molecule has 4 rings (SSSR count). The lowest BCUT2D eigenvalue weighted by Crippen LogP contribution is -2.21. The molecule has 1 atom stereocenters. The van der Waals surface area contributed by atoms with E-state index in [0.29, 0.717) is 24.2 Å².